The van der Waals surface area contributed by atoms with E-state index >= 15 is 0 Å². The number of hydrogen-bond donors (Lipinski definition) is 0. The van der Waals surface area contributed by atoms with Crippen molar-refractivity contribution in [1.29, 1.82) is 0 Å². The highest BCUT2D eigenvalue weighted by Crippen LogP contribution is 2.49. The van der Waals surface area contributed by atoms with Crippen molar-refractivity contribution >= 4 is 0 Å². The standard InChI is InChI=1S/C10H16/c1-7(2)10-8-3-4-9(10)6-5-8/h8-9H,3-6H2,1-2H3. The SMILES string of the molecule is CC(C)=C1C2CCC1CC2. The zero-order valence-electron chi connectivity index (χ0n) is 6.98. The molecule has 2 aliphatic rings. The molecule has 0 aromatic rings. The molecule has 0 aliphatic heterocycles. The summed E-state index contributed by atoms with van der Waals surface area (Å²) in [5.41, 5.74) is 3.45. The number of rotatable bonds is 0. The smallest absolute Gasteiger partial charge is 0.0198 e. The lowest BCUT2D eigenvalue weighted by Gasteiger charge is -2.05. The summed E-state index contributed by atoms with van der Waals surface area (Å²) in [6.07, 6.45) is 5.96. The predicted octanol–water partition coefficient (Wildman–Crippen LogP) is 3.14. The van der Waals surface area contributed by atoms with Crippen LogP contribution in [-0.2, 0) is 0 Å². The Labute approximate surface area is 63.3 Å². The Kier molecular flexibility index (Phi) is 1.36. The van der Waals surface area contributed by atoms with E-state index in [0.29, 0.717) is 0 Å². The Morgan fingerprint density at radius 2 is 1.40 bits per heavy atom. The molecule has 56 valence electrons. The van der Waals surface area contributed by atoms with E-state index in [0.717, 1.165) is 11.8 Å². The summed E-state index contributed by atoms with van der Waals surface area (Å²) in [7, 11) is 0. The summed E-state index contributed by atoms with van der Waals surface area (Å²) in [6, 6.07) is 0. The van der Waals surface area contributed by atoms with Gasteiger partial charge >= 0.3 is 0 Å². The van der Waals surface area contributed by atoms with Crippen LogP contribution in [-0.4, -0.2) is 0 Å². The minimum atomic E-state index is 1.01. The first-order valence-electron chi connectivity index (χ1n) is 4.46. The lowest BCUT2D eigenvalue weighted by atomic mass is 10.0. The number of hydrogen-bond acceptors (Lipinski definition) is 0. The maximum absolute atomic E-state index is 2.28. The van der Waals surface area contributed by atoms with E-state index in [4.69, 9.17) is 0 Å². The van der Waals surface area contributed by atoms with Gasteiger partial charge in [-0.25, -0.2) is 0 Å². The molecular weight excluding hydrogens is 120 g/mol. The van der Waals surface area contributed by atoms with Crippen molar-refractivity contribution in [2.45, 2.75) is 39.5 Å². The minimum absolute atomic E-state index is 1.01. The lowest BCUT2D eigenvalue weighted by molar-refractivity contribution is 0.480. The number of allylic oxidation sites excluding steroid dienone is 2. The van der Waals surface area contributed by atoms with Gasteiger partial charge in [-0.15, -0.1) is 0 Å². The molecule has 0 saturated heterocycles. The molecule has 2 aliphatic carbocycles. The molecular formula is C10H16. The average Bonchev–Trinajstić information content (AvgIpc) is 2.43. The Hall–Kier alpha value is -0.260. The number of fused-ring (bicyclic) bond motifs is 2. The van der Waals surface area contributed by atoms with Crippen molar-refractivity contribution < 1.29 is 0 Å². The molecule has 0 amide bonds. The van der Waals surface area contributed by atoms with Crippen LogP contribution < -0.4 is 0 Å². The first-order chi connectivity index (χ1) is 4.79. The van der Waals surface area contributed by atoms with Gasteiger partial charge in [-0.1, -0.05) is 11.1 Å². The molecule has 0 heterocycles. The first-order valence-corrected chi connectivity index (χ1v) is 4.46. The van der Waals surface area contributed by atoms with E-state index in [9.17, 15) is 0 Å². The zero-order chi connectivity index (χ0) is 7.14. The van der Waals surface area contributed by atoms with Crippen molar-refractivity contribution in [3.05, 3.63) is 11.1 Å². The molecule has 0 aromatic heterocycles. The van der Waals surface area contributed by atoms with E-state index in [2.05, 4.69) is 13.8 Å². The monoisotopic (exact) mass is 136 g/mol. The summed E-state index contributed by atoms with van der Waals surface area (Å²) in [6.45, 7) is 4.57. The molecule has 2 bridgehead atoms. The molecule has 0 unspecified atom stereocenters. The molecule has 0 heteroatoms. The van der Waals surface area contributed by atoms with Crippen LogP contribution in [0.1, 0.15) is 39.5 Å². The Morgan fingerprint density at radius 3 is 1.60 bits per heavy atom. The molecule has 0 nitrogen and oxygen atoms in total. The van der Waals surface area contributed by atoms with Crippen LogP contribution in [0.3, 0.4) is 0 Å². The Balaban J connectivity index is 2.33. The third-order valence-electron chi connectivity index (χ3n) is 3.18. The van der Waals surface area contributed by atoms with Crippen LogP contribution in [0.4, 0.5) is 0 Å². The summed E-state index contributed by atoms with van der Waals surface area (Å²) >= 11 is 0. The molecule has 2 rings (SSSR count). The maximum atomic E-state index is 2.28. The van der Waals surface area contributed by atoms with Crippen LogP contribution in [0.15, 0.2) is 11.1 Å². The normalized spacial score (nSPS) is 37.2. The second-order valence-electron chi connectivity index (χ2n) is 4.00. The second-order valence-corrected chi connectivity index (χ2v) is 4.00. The largest absolute Gasteiger partial charge is 0.0767 e. The predicted molar refractivity (Wildman–Crippen MR) is 43.8 cm³/mol. The molecule has 0 spiro atoms. The van der Waals surface area contributed by atoms with Gasteiger partial charge in [0, 0.05) is 0 Å². The van der Waals surface area contributed by atoms with Crippen molar-refractivity contribution in [1.82, 2.24) is 0 Å². The molecule has 0 aromatic carbocycles. The topological polar surface area (TPSA) is 0 Å². The highest BCUT2D eigenvalue weighted by molar-refractivity contribution is 5.24. The van der Waals surface area contributed by atoms with Crippen molar-refractivity contribution in [2.24, 2.45) is 11.8 Å². The van der Waals surface area contributed by atoms with E-state index in [1.807, 2.05) is 5.57 Å². The van der Waals surface area contributed by atoms with Crippen LogP contribution in [0.5, 0.6) is 0 Å². The summed E-state index contributed by atoms with van der Waals surface area (Å²) in [5.74, 6) is 2.02. The van der Waals surface area contributed by atoms with Gasteiger partial charge in [-0.05, 0) is 51.4 Å². The fourth-order valence-electron chi connectivity index (χ4n) is 2.87. The van der Waals surface area contributed by atoms with Gasteiger partial charge in [0.25, 0.3) is 0 Å². The van der Waals surface area contributed by atoms with Gasteiger partial charge in [0.05, 0.1) is 0 Å². The highest BCUT2D eigenvalue weighted by Gasteiger charge is 2.36. The minimum Gasteiger partial charge on any atom is -0.0767 e. The molecule has 0 atom stereocenters. The van der Waals surface area contributed by atoms with Crippen molar-refractivity contribution in [3.8, 4) is 0 Å². The second kappa shape index (κ2) is 2.11. The third kappa shape index (κ3) is 0.744. The van der Waals surface area contributed by atoms with Crippen LogP contribution in [0.25, 0.3) is 0 Å². The van der Waals surface area contributed by atoms with E-state index in [1.54, 1.807) is 5.57 Å². The first kappa shape index (κ1) is 6.45. The van der Waals surface area contributed by atoms with Gasteiger partial charge < -0.3 is 0 Å². The molecule has 2 saturated carbocycles. The molecule has 0 radical (unpaired) electrons. The van der Waals surface area contributed by atoms with Gasteiger partial charge in [-0.3, -0.25) is 0 Å². The third-order valence-corrected chi connectivity index (χ3v) is 3.18. The van der Waals surface area contributed by atoms with Crippen LogP contribution >= 0.6 is 0 Å². The fourth-order valence-corrected chi connectivity index (χ4v) is 2.87. The molecule has 0 N–H and O–H groups in total. The van der Waals surface area contributed by atoms with Gasteiger partial charge in [0.1, 0.15) is 0 Å². The van der Waals surface area contributed by atoms with Crippen LogP contribution in [0, 0.1) is 11.8 Å². The van der Waals surface area contributed by atoms with Crippen molar-refractivity contribution in [3.63, 3.8) is 0 Å². The summed E-state index contributed by atoms with van der Waals surface area (Å²) in [4.78, 5) is 0. The molecule has 2 fully saturated rings. The summed E-state index contributed by atoms with van der Waals surface area (Å²) < 4.78 is 0. The Morgan fingerprint density at radius 1 is 1.00 bits per heavy atom. The van der Waals surface area contributed by atoms with E-state index in [1.165, 1.54) is 25.7 Å². The quantitative estimate of drug-likeness (QED) is 0.449. The average molecular weight is 136 g/mol. The van der Waals surface area contributed by atoms with Gasteiger partial charge in [0.2, 0.25) is 0 Å². The lowest BCUT2D eigenvalue weighted by Crippen LogP contribution is -1.90. The Bertz CT molecular complexity index is 150. The van der Waals surface area contributed by atoms with Gasteiger partial charge in [-0.2, -0.15) is 0 Å². The maximum Gasteiger partial charge on any atom is -0.0198 e. The van der Waals surface area contributed by atoms with E-state index < -0.39 is 0 Å². The van der Waals surface area contributed by atoms with E-state index in [-0.39, 0.29) is 0 Å². The molecule has 10 heavy (non-hydrogen) atoms. The summed E-state index contributed by atoms with van der Waals surface area (Å²) in [5, 5.41) is 0. The highest BCUT2D eigenvalue weighted by atomic mass is 14.4. The zero-order valence-corrected chi connectivity index (χ0v) is 6.98. The van der Waals surface area contributed by atoms with Gasteiger partial charge in [0.15, 0.2) is 0 Å². The van der Waals surface area contributed by atoms with Crippen molar-refractivity contribution in [2.75, 3.05) is 0 Å². The van der Waals surface area contributed by atoms with Crippen LogP contribution in [0.2, 0.25) is 0 Å². The fraction of sp³-hybridized carbons (Fsp3) is 0.800.